The van der Waals surface area contributed by atoms with E-state index in [1.807, 2.05) is 23.6 Å². The van der Waals surface area contributed by atoms with Gasteiger partial charge in [0, 0.05) is 9.35 Å². The first-order chi connectivity index (χ1) is 8.13. The summed E-state index contributed by atoms with van der Waals surface area (Å²) in [5.41, 5.74) is 5.10. The lowest BCUT2D eigenvalue weighted by Gasteiger charge is -2.16. The lowest BCUT2D eigenvalue weighted by atomic mass is 10.0. The first kappa shape index (κ1) is 13.1. The number of rotatable bonds is 3. The van der Waals surface area contributed by atoms with Crippen molar-refractivity contribution in [3.63, 3.8) is 0 Å². The molecule has 1 heterocycles. The summed E-state index contributed by atoms with van der Waals surface area (Å²) in [6.07, 6.45) is 0. The van der Waals surface area contributed by atoms with E-state index in [2.05, 4.69) is 34.3 Å². The maximum Gasteiger partial charge on any atom is 0.0817 e. The molecular weight excluding hydrogens is 320 g/mol. The minimum absolute atomic E-state index is 0.0608. The van der Waals surface area contributed by atoms with Crippen LogP contribution in [0.15, 0.2) is 34.1 Å². The van der Waals surface area contributed by atoms with E-state index >= 15 is 0 Å². The predicted octanol–water partition coefficient (Wildman–Crippen LogP) is 4.03. The van der Waals surface area contributed by atoms with Crippen LogP contribution < -0.4 is 11.3 Å². The van der Waals surface area contributed by atoms with Gasteiger partial charge in [0.05, 0.1) is 11.1 Å². The van der Waals surface area contributed by atoms with Gasteiger partial charge in [0.15, 0.2) is 0 Å². The molecule has 0 aliphatic heterocycles. The van der Waals surface area contributed by atoms with Gasteiger partial charge in [-0.25, -0.2) is 5.43 Å². The van der Waals surface area contributed by atoms with E-state index in [9.17, 15) is 0 Å². The molecule has 0 saturated carbocycles. The monoisotopic (exact) mass is 330 g/mol. The van der Waals surface area contributed by atoms with E-state index < -0.39 is 0 Å². The van der Waals surface area contributed by atoms with Gasteiger partial charge in [0.1, 0.15) is 0 Å². The average Bonchev–Trinajstić information content (AvgIpc) is 2.71. The van der Waals surface area contributed by atoms with E-state index in [1.165, 1.54) is 5.56 Å². The Bertz CT molecular complexity index is 527. The van der Waals surface area contributed by atoms with Crippen molar-refractivity contribution in [1.29, 1.82) is 0 Å². The Kier molecular flexibility index (Phi) is 4.22. The van der Waals surface area contributed by atoms with Gasteiger partial charge < -0.3 is 0 Å². The summed E-state index contributed by atoms with van der Waals surface area (Å²) in [6.45, 7) is 2.05. The fourth-order valence-electron chi connectivity index (χ4n) is 1.68. The van der Waals surface area contributed by atoms with E-state index in [4.69, 9.17) is 17.4 Å². The van der Waals surface area contributed by atoms with Crippen molar-refractivity contribution in [2.24, 2.45) is 5.84 Å². The van der Waals surface area contributed by atoms with Crippen LogP contribution in [-0.4, -0.2) is 0 Å². The highest BCUT2D eigenvalue weighted by Gasteiger charge is 2.17. The van der Waals surface area contributed by atoms with Crippen LogP contribution in [0.4, 0.5) is 0 Å². The maximum atomic E-state index is 6.14. The predicted molar refractivity (Wildman–Crippen MR) is 77.4 cm³/mol. The first-order valence-corrected chi connectivity index (χ1v) is 7.13. The van der Waals surface area contributed by atoms with Crippen LogP contribution >= 0.6 is 38.9 Å². The smallest absolute Gasteiger partial charge is 0.0817 e. The number of nitrogens with two attached hydrogens (primary N) is 1. The lowest BCUT2D eigenvalue weighted by molar-refractivity contribution is 0.646. The van der Waals surface area contributed by atoms with Crippen molar-refractivity contribution < 1.29 is 0 Å². The van der Waals surface area contributed by atoms with Gasteiger partial charge in [0.25, 0.3) is 0 Å². The summed E-state index contributed by atoms with van der Waals surface area (Å²) < 4.78 is 1.09. The Morgan fingerprint density at radius 3 is 2.71 bits per heavy atom. The molecule has 0 bridgehead atoms. The van der Waals surface area contributed by atoms with Crippen LogP contribution in [0.1, 0.15) is 22.0 Å². The number of benzene rings is 1. The van der Waals surface area contributed by atoms with Gasteiger partial charge in [0.2, 0.25) is 0 Å². The highest BCUT2D eigenvalue weighted by molar-refractivity contribution is 9.10. The molecule has 0 fully saturated rings. The standard InChI is InChI=1S/C12H12BrClN2S/c1-7-6-8(2-3-9(7)13)11(16-15)12-10(14)4-5-17-12/h2-6,11,16H,15H2,1H3. The van der Waals surface area contributed by atoms with Crippen molar-refractivity contribution >= 4 is 38.9 Å². The van der Waals surface area contributed by atoms with Crippen LogP contribution in [0.25, 0.3) is 0 Å². The molecule has 0 saturated heterocycles. The highest BCUT2D eigenvalue weighted by atomic mass is 79.9. The number of hydrazine groups is 1. The van der Waals surface area contributed by atoms with Crippen LogP contribution in [-0.2, 0) is 0 Å². The third kappa shape index (κ3) is 2.72. The van der Waals surface area contributed by atoms with Gasteiger partial charge in [-0.1, -0.05) is 39.7 Å². The van der Waals surface area contributed by atoms with Crippen molar-refractivity contribution in [3.05, 3.63) is 55.1 Å². The Morgan fingerprint density at radius 2 is 2.18 bits per heavy atom. The summed E-state index contributed by atoms with van der Waals surface area (Å²) >= 11 is 11.2. The minimum atomic E-state index is -0.0608. The molecule has 17 heavy (non-hydrogen) atoms. The molecule has 1 unspecified atom stereocenters. The molecule has 2 aromatic rings. The zero-order chi connectivity index (χ0) is 12.4. The highest BCUT2D eigenvalue weighted by Crippen LogP contribution is 2.33. The zero-order valence-electron chi connectivity index (χ0n) is 9.21. The quantitative estimate of drug-likeness (QED) is 0.658. The fraction of sp³-hybridized carbons (Fsp3) is 0.167. The Morgan fingerprint density at radius 1 is 1.41 bits per heavy atom. The summed E-state index contributed by atoms with van der Waals surface area (Å²) in [7, 11) is 0. The number of nitrogens with one attached hydrogen (secondary N) is 1. The Labute approximate surface area is 118 Å². The number of hydrogen-bond acceptors (Lipinski definition) is 3. The summed E-state index contributed by atoms with van der Waals surface area (Å²) in [5, 5.41) is 2.71. The van der Waals surface area contributed by atoms with Crippen molar-refractivity contribution in [1.82, 2.24) is 5.43 Å². The fourth-order valence-corrected chi connectivity index (χ4v) is 3.18. The molecule has 1 aromatic heterocycles. The summed E-state index contributed by atoms with van der Waals surface area (Å²) in [5.74, 6) is 5.64. The second-order valence-electron chi connectivity index (χ2n) is 3.74. The molecule has 3 N–H and O–H groups in total. The van der Waals surface area contributed by atoms with Gasteiger partial charge in [-0.2, -0.15) is 0 Å². The van der Waals surface area contributed by atoms with Crippen LogP contribution in [0, 0.1) is 6.92 Å². The van der Waals surface area contributed by atoms with Crippen LogP contribution in [0.3, 0.4) is 0 Å². The van der Waals surface area contributed by atoms with Gasteiger partial charge >= 0.3 is 0 Å². The minimum Gasteiger partial charge on any atom is -0.271 e. The van der Waals surface area contributed by atoms with E-state index in [0.29, 0.717) is 0 Å². The molecule has 2 rings (SSSR count). The van der Waals surface area contributed by atoms with Gasteiger partial charge in [-0.15, -0.1) is 11.3 Å². The molecule has 0 aliphatic rings. The second-order valence-corrected chi connectivity index (χ2v) is 5.95. The van der Waals surface area contributed by atoms with Crippen molar-refractivity contribution in [2.45, 2.75) is 13.0 Å². The maximum absolute atomic E-state index is 6.14. The number of hydrogen-bond donors (Lipinski definition) is 2. The summed E-state index contributed by atoms with van der Waals surface area (Å²) in [4.78, 5) is 1.04. The molecule has 0 radical (unpaired) electrons. The second kappa shape index (κ2) is 5.50. The SMILES string of the molecule is Cc1cc(C(NN)c2sccc2Cl)ccc1Br. The lowest BCUT2D eigenvalue weighted by Crippen LogP contribution is -2.28. The number of thiophene rings is 1. The summed E-state index contributed by atoms with van der Waals surface area (Å²) in [6, 6.07) is 7.99. The van der Waals surface area contributed by atoms with Crippen LogP contribution in [0.5, 0.6) is 0 Å². The van der Waals surface area contributed by atoms with E-state index in [0.717, 1.165) is 19.9 Å². The molecule has 1 atom stereocenters. The van der Waals surface area contributed by atoms with Gasteiger partial charge in [-0.3, -0.25) is 5.84 Å². The normalized spacial score (nSPS) is 12.7. The molecule has 90 valence electrons. The van der Waals surface area contributed by atoms with Crippen molar-refractivity contribution in [3.8, 4) is 0 Å². The van der Waals surface area contributed by atoms with Crippen molar-refractivity contribution in [2.75, 3.05) is 0 Å². The van der Waals surface area contributed by atoms with Crippen LogP contribution in [0.2, 0.25) is 5.02 Å². The largest absolute Gasteiger partial charge is 0.271 e. The topological polar surface area (TPSA) is 38.0 Å². The zero-order valence-corrected chi connectivity index (χ0v) is 12.4. The number of aryl methyl sites for hydroxylation is 1. The van der Waals surface area contributed by atoms with E-state index in [-0.39, 0.29) is 6.04 Å². The molecular formula is C12H12BrClN2S. The first-order valence-electron chi connectivity index (χ1n) is 5.08. The third-order valence-electron chi connectivity index (χ3n) is 2.59. The van der Waals surface area contributed by atoms with Gasteiger partial charge in [-0.05, 0) is 35.6 Å². The molecule has 2 nitrogen and oxygen atoms in total. The number of halogens is 2. The molecule has 0 aliphatic carbocycles. The molecule has 5 heteroatoms. The molecule has 0 spiro atoms. The molecule has 1 aromatic carbocycles. The molecule has 0 amide bonds. The van der Waals surface area contributed by atoms with E-state index in [1.54, 1.807) is 11.3 Å². The Hall–Kier alpha value is -0.390. The average molecular weight is 332 g/mol. The Balaban J connectivity index is 2.42. The third-order valence-corrected chi connectivity index (χ3v) is 4.90.